The number of para-hydroxylation sites is 1. The molecule has 4 nitrogen and oxygen atoms in total. The Bertz CT molecular complexity index is 1070. The third kappa shape index (κ3) is 3.97. The lowest BCUT2D eigenvalue weighted by molar-refractivity contribution is 0.0473. The SMILES string of the molecule is O=C(OCc1ccccc1)c1cn(-c2ccccc2)nc1-c1ccc(Cl)cc1. The number of ether oxygens (including phenoxy) is 1. The van der Waals surface area contributed by atoms with E-state index in [9.17, 15) is 4.79 Å². The normalized spacial score (nSPS) is 10.6. The lowest BCUT2D eigenvalue weighted by Crippen LogP contribution is -2.05. The van der Waals surface area contributed by atoms with Crippen LogP contribution in [0.15, 0.2) is 91.1 Å². The molecule has 3 aromatic carbocycles. The summed E-state index contributed by atoms with van der Waals surface area (Å²) in [6.07, 6.45) is 1.70. The van der Waals surface area contributed by atoms with Gasteiger partial charge in [0.1, 0.15) is 17.9 Å². The highest BCUT2D eigenvalue weighted by Crippen LogP contribution is 2.26. The zero-order valence-electron chi connectivity index (χ0n) is 15.0. The monoisotopic (exact) mass is 388 g/mol. The number of hydrogen-bond donors (Lipinski definition) is 0. The molecule has 0 aliphatic heterocycles. The number of esters is 1. The van der Waals surface area contributed by atoms with Crippen LogP contribution in [0.2, 0.25) is 5.02 Å². The van der Waals surface area contributed by atoms with Crippen LogP contribution < -0.4 is 0 Å². The molecule has 0 fully saturated rings. The van der Waals surface area contributed by atoms with Gasteiger partial charge in [-0.25, -0.2) is 9.48 Å². The van der Waals surface area contributed by atoms with E-state index in [0.29, 0.717) is 16.3 Å². The van der Waals surface area contributed by atoms with Crippen molar-refractivity contribution in [3.63, 3.8) is 0 Å². The first-order valence-corrected chi connectivity index (χ1v) is 9.20. The molecule has 1 heterocycles. The van der Waals surface area contributed by atoms with Crippen molar-refractivity contribution >= 4 is 17.6 Å². The summed E-state index contributed by atoms with van der Waals surface area (Å²) in [7, 11) is 0. The molecule has 5 heteroatoms. The summed E-state index contributed by atoms with van der Waals surface area (Å²) < 4.78 is 7.21. The van der Waals surface area contributed by atoms with Crippen molar-refractivity contribution in [2.24, 2.45) is 0 Å². The van der Waals surface area contributed by atoms with Crippen molar-refractivity contribution in [2.75, 3.05) is 0 Å². The molecule has 0 atom stereocenters. The van der Waals surface area contributed by atoms with E-state index in [-0.39, 0.29) is 6.61 Å². The van der Waals surface area contributed by atoms with Gasteiger partial charge in [-0.05, 0) is 29.8 Å². The van der Waals surface area contributed by atoms with E-state index >= 15 is 0 Å². The minimum atomic E-state index is -0.420. The van der Waals surface area contributed by atoms with Gasteiger partial charge in [0, 0.05) is 16.8 Å². The Balaban J connectivity index is 1.68. The van der Waals surface area contributed by atoms with Crippen LogP contribution in [0.25, 0.3) is 16.9 Å². The van der Waals surface area contributed by atoms with Crippen LogP contribution >= 0.6 is 11.6 Å². The number of hydrogen-bond acceptors (Lipinski definition) is 3. The topological polar surface area (TPSA) is 44.1 Å². The second-order valence-electron chi connectivity index (χ2n) is 6.24. The second-order valence-corrected chi connectivity index (χ2v) is 6.68. The van der Waals surface area contributed by atoms with Gasteiger partial charge in [-0.2, -0.15) is 5.10 Å². The number of aromatic nitrogens is 2. The zero-order valence-corrected chi connectivity index (χ0v) is 15.7. The van der Waals surface area contributed by atoms with Crippen LogP contribution in [0.1, 0.15) is 15.9 Å². The molecule has 28 heavy (non-hydrogen) atoms. The predicted octanol–water partition coefficient (Wildman–Crippen LogP) is 5.55. The molecular weight excluding hydrogens is 372 g/mol. The third-order valence-corrected chi connectivity index (χ3v) is 4.54. The number of nitrogens with zero attached hydrogens (tertiary/aromatic N) is 2. The largest absolute Gasteiger partial charge is 0.457 e. The van der Waals surface area contributed by atoms with Crippen molar-refractivity contribution < 1.29 is 9.53 Å². The molecule has 138 valence electrons. The maximum atomic E-state index is 12.8. The van der Waals surface area contributed by atoms with E-state index in [4.69, 9.17) is 16.3 Å². The molecule has 0 aliphatic rings. The maximum Gasteiger partial charge on any atom is 0.342 e. The zero-order chi connectivity index (χ0) is 19.3. The van der Waals surface area contributed by atoms with E-state index in [1.807, 2.05) is 72.8 Å². The van der Waals surface area contributed by atoms with Crippen LogP contribution in [0.3, 0.4) is 0 Å². The van der Waals surface area contributed by atoms with Gasteiger partial charge in [-0.3, -0.25) is 0 Å². The fraction of sp³-hybridized carbons (Fsp3) is 0.0435. The van der Waals surface area contributed by atoms with Crippen molar-refractivity contribution in [3.05, 3.63) is 107 Å². The highest BCUT2D eigenvalue weighted by atomic mass is 35.5. The number of halogens is 1. The summed E-state index contributed by atoms with van der Waals surface area (Å²) in [6, 6.07) is 26.5. The first-order valence-electron chi connectivity index (χ1n) is 8.83. The second kappa shape index (κ2) is 8.11. The summed E-state index contributed by atoms with van der Waals surface area (Å²) in [6.45, 7) is 0.205. The molecule has 0 N–H and O–H groups in total. The Kier molecular flexibility index (Phi) is 5.22. The molecule has 4 rings (SSSR count). The van der Waals surface area contributed by atoms with Gasteiger partial charge in [0.15, 0.2) is 0 Å². The molecule has 4 aromatic rings. The Labute approximate surface area is 168 Å². The van der Waals surface area contributed by atoms with Gasteiger partial charge in [0.25, 0.3) is 0 Å². The summed E-state index contributed by atoms with van der Waals surface area (Å²) in [4.78, 5) is 12.8. The lowest BCUT2D eigenvalue weighted by Gasteiger charge is -2.05. The van der Waals surface area contributed by atoms with Gasteiger partial charge in [0.05, 0.1) is 5.69 Å². The first-order chi connectivity index (χ1) is 13.7. The van der Waals surface area contributed by atoms with Crippen LogP contribution in [-0.4, -0.2) is 15.7 Å². The Morgan fingerprint density at radius 2 is 1.54 bits per heavy atom. The Morgan fingerprint density at radius 1 is 0.893 bits per heavy atom. The smallest absolute Gasteiger partial charge is 0.342 e. The minimum Gasteiger partial charge on any atom is -0.457 e. The molecule has 0 bridgehead atoms. The number of rotatable bonds is 5. The quantitative estimate of drug-likeness (QED) is 0.421. The van der Waals surface area contributed by atoms with Crippen molar-refractivity contribution in [2.45, 2.75) is 6.61 Å². The van der Waals surface area contributed by atoms with Crippen molar-refractivity contribution in [1.29, 1.82) is 0 Å². The Morgan fingerprint density at radius 3 is 2.21 bits per heavy atom. The van der Waals surface area contributed by atoms with Gasteiger partial charge >= 0.3 is 5.97 Å². The summed E-state index contributed by atoms with van der Waals surface area (Å²) in [5.74, 6) is -0.420. The van der Waals surface area contributed by atoms with Crippen LogP contribution in [0.4, 0.5) is 0 Å². The van der Waals surface area contributed by atoms with Crippen LogP contribution in [-0.2, 0) is 11.3 Å². The molecule has 0 saturated carbocycles. The standard InChI is InChI=1S/C23H17ClN2O2/c24-19-13-11-18(12-14-19)22-21(15-26(25-22)20-9-5-2-6-10-20)23(27)28-16-17-7-3-1-4-8-17/h1-15H,16H2. The van der Waals surface area contributed by atoms with Gasteiger partial charge in [0.2, 0.25) is 0 Å². The molecule has 0 spiro atoms. The maximum absolute atomic E-state index is 12.8. The molecule has 1 aromatic heterocycles. The summed E-state index contributed by atoms with van der Waals surface area (Å²) in [5.41, 5.74) is 3.55. The Hall–Kier alpha value is -3.37. The van der Waals surface area contributed by atoms with Crippen molar-refractivity contribution in [1.82, 2.24) is 9.78 Å². The highest BCUT2D eigenvalue weighted by molar-refractivity contribution is 6.30. The van der Waals surface area contributed by atoms with E-state index in [2.05, 4.69) is 5.10 Å². The number of carbonyl (C=O) groups excluding carboxylic acids is 1. The molecule has 0 aliphatic carbocycles. The molecular formula is C23H17ClN2O2. The van der Waals surface area contributed by atoms with E-state index in [1.165, 1.54) is 0 Å². The molecule has 0 unspecified atom stereocenters. The molecule has 0 radical (unpaired) electrons. The minimum absolute atomic E-state index is 0.205. The van der Waals surface area contributed by atoms with Crippen molar-refractivity contribution in [3.8, 4) is 16.9 Å². The summed E-state index contributed by atoms with van der Waals surface area (Å²) >= 11 is 6.00. The van der Waals surface area contributed by atoms with Crippen LogP contribution in [0.5, 0.6) is 0 Å². The fourth-order valence-electron chi connectivity index (χ4n) is 2.86. The third-order valence-electron chi connectivity index (χ3n) is 4.29. The van der Waals surface area contributed by atoms with Gasteiger partial charge < -0.3 is 4.74 Å². The van der Waals surface area contributed by atoms with E-state index < -0.39 is 5.97 Å². The average molecular weight is 389 g/mol. The summed E-state index contributed by atoms with van der Waals surface area (Å²) in [5, 5.41) is 5.25. The van der Waals surface area contributed by atoms with E-state index in [0.717, 1.165) is 16.8 Å². The average Bonchev–Trinajstić information content (AvgIpc) is 3.19. The number of benzene rings is 3. The van der Waals surface area contributed by atoms with Gasteiger partial charge in [-0.15, -0.1) is 0 Å². The highest BCUT2D eigenvalue weighted by Gasteiger charge is 2.20. The molecule has 0 saturated heterocycles. The first kappa shape index (κ1) is 18.0. The fourth-order valence-corrected chi connectivity index (χ4v) is 2.98. The molecule has 0 amide bonds. The van der Waals surface area contributed by atoms with Crippen LogP contribution in [0, 0.1) is 0 Å². The van der Waals surface area contributed by atoms with Gasteiger partial charge in [-0.1, -0.05) is 72.3 Å². The lowest BCUT2D eigenvalue weighted by atomic mass is 10.1. The predicted molar refractivity (Wildman–Crippen MR) is 110 cm³/mol. The van der Waals surface area contributed by atoms with E-state index in [1.54, 1.807) is 23.0 Å². The number of carbonyl (C=O) groups is 1.